The van der Waals surface area contributed by atoms with Crippen LogP contribution in [0, 0.1) is 37.1 Å². The minimum Gasteiger partial charge on any atom is -0.263 e. The Bertz CT molecular complexity index is 562. The standard InChI is InChI=1S/C10H7F4N3/c1-3-6(11)5(8(13)9(14)7(3)12)10-15-4(2)16-17-10/h1-2H3,(H,15,16,17). The summed E-state index contributed by atoms with van der Waals surface area (Å²) in [6, 6.07) is 0. The molecule has 0 saturated heterocycles. The molecule has 17 heavy (non-hydrogen) atoms. The molecular formula is C10H7F4N3. The summed E-state index contributed by atoms with van der Waals surface area (Å²) in [7, 11) is 0. The van der Waals surface area contributed by atoms with E-state index in [4.69, 9.17) is 0 Å². The molecule has 0 aliphatic carbocycles. The molecule has 7 heteroatoms. The van der Waals surface area contributed by atoms with Crippen molar-refractivity contribution in [2.24, 2.45) is 0 Å². The molecule has 1 N–H and O–H groups in total. The second-order valence-corrected chi connectivity index (χ2v) is 3.50. The molecule has 0 radical (unpaired) electrons. The molecule has 0 bridgehead atoms. The highest BCUT2D eigenvalue weighted by atomic mass is 19.2. The van der Waals surface area contributed by atoms with Gasteiger partial charge >= 0.3 is 0 Å². The Morgan fingerprint density at radius 1 is 0.882 bits per heavy atom. The van der Waals surface area contributed by atoms with Gasteiger partial charge in [0.2, 0.25) is 0 Å². The molecule has 3 nitrogen and oxygen atoms in total. The van der Waals surface area contributed by atoms with Crippen LogP contribution in [0.5, 0.6) is 0 Å². The topological polar surface area (TPSA) is 41.6 Å². The number of aryl methyl sites for hydroxylation is 1. The van der Waals surface area contributed by atoms with Crippen molar-refractivity contribution in [3.8, 4) is 11.4 Å². The number of nitrogens with zero attached hydrogens (tertiary/aromatic N) is 2. The van der Waals surface area contributed by atoms with Crippen molar-refractivity contribution in [1.82, 2.24) is 15.2 Å². The van der Waals surface area contributed by atoms with E-state index in [2.05, 4.69) is 15.2 Å². The minimum absolute atomic E-state index is 0.307. The second-order valence-electron chi connectivity index (χ2n) is 3.50. The zero-order chi connectivity index (χ0) is 12.7. The third-order valence-corrected chi connectivity index (χ3v) is 2.30. The van der Waals surface area contributed by atoms with E-state index >= 15 is 0 Å². The van der Waals surface area contributed by atoms with E-state index in [9.17, 15) is 17.6 Å². The number of hydrogen-bond acceptors (Lipinski definition) is 2. The summed E-state index contributed by atoms with van der Waals surface area (Å²) in [6.45, 7) is 2.52. The maximum atomic E-state index is 13.7. The average molecular weight is 245 g/mol. The number of benzene rings is 1. The first-order valence-electron chi connectivity index (χ1n) is 4.65. The van der Waals surface area contributed by atoms with Crippen LogP contribution in [-0.2, 0) is 0 Å². The molecule has 0 spiro atoms. The van der Waals surface area contributed by atoms with E-state index < -0.39 is 34.4 Å². The molecule has 2 aromatic rings. The Labute approximate surface area is 93.5 Å². The Morgan fingerprint density at radius 3 is 2.06 bits per heavy atom. The number of rotatable bonds is 1. The summed E-state index contributed by atoms with van der Waals surface area (Å²) in [5.74, 6) is -6.16. The molecule has 0 fully saturated rings. The predicted octanol–water partition coefficient (Wildman–Crippen LogP) is 2.64. The fraction of sp³-hybridized carbons (Fsp3) is 0.200. The van der Waals surface area contributed by atoms with E-state index in [1.165, 1.54) is 6.92 Å². The highest BCUT2D eigenvalue weighted by Crippen LogP contribution is 2.29. The molecule has 0 atom stereocenters. The lowest BCUT2D eigenvalue weighted by atomic mass is 10.1. The van der Waals surface area contributed by atoms with Crippen LogP contribution in [0.4, 0.5) is 17.6 Å². The summed E-state index contributed by atoms with van der Waals surface area (Å²) in [5.41, 5.74) is -1.38. The van der Waals surface area contributed by atoms with Crippen LogP contribution >= 0.6 is 0 Å². The normalized spacial score (nSPS) is 10.9. The number of halogens is 4. The van der Waals surface area contributed by atoms with E-state index in [1.54, 1.807) is 0 Å². The number of hydrogen-bond donors (Lipinski definition) is 1. The zero-order valence-electron chi connectivity index (χ0n) is 8.91. The lowest BCUT2D eigenvalue weighted by Crippen LogP contribution is -2.03. The molecule has 90 valence electrons. The summed E-state index contributed by atoms with van der Waals surface area (Å²) in [4.78, 5) is 3.68. The van der Waals surface area contributed by atoms with Gasteiger partial charge in [0, 0.05) is 5.56 Å². The Balaban J connectivity index is 2.78. The first kappa shape index (κ1) is 11.6. The van der Waals surface area contributed by atoms with E-state index in [1.807, 2.05) is 0 Å². The quantitative estimate of drug-likeness (QED) is 0.476. The fourth-order valence-electron chi connectivity index (χ4n) is 1.40. The maximum absolute atomic E-state index is 13.7. The molecule has 1 heterocycles. The van der Waals surface area contributed by atoms with E-state index in [-0.39, 0.29) is 5.82 Å². The van der Waals surface area contributed by atoms with Gasteiger partial charge in [0.15, 0.2) is 23.3 Å². The minimum atomic E-state index is -1.73. The third-order valence-electron chi connectivity index (χ3n) is 2.30. The van der Waals surface area contributed by atoms with Crippen molar-refractivity contribution in [1.29, 1.82) is 0 Å². The predicted molar refractivity (Wildman–Crippen MR) is 51.1 cm³/mol. The van der Waals surface area contributed by atoms with E-state index in [0.717, 1.165) is 6.92 Å². The number of aromatic nitrogens is 3. The summed E-state index contributed by atoms with van der Waals surface area (Å²) >= 11 is 0. The zero-order valence-corrected chi connectivity index (χ0v) is 8.91. The maximum Gasteiger partial charge on any atom is 0.195 e. The number of nitrogens with one attached hydrogen (secondary N) is 1. The van der Waals surface area contributed by atoms with Crippen LogP contribution < -0.4 is 0 Å². The monoisotopic (exact) mass is 245 g/mol. The van der Waals surface area contributed by atoms with Crippen molar-refractivity contribution in [3.63, 3.8) is 0 Å². The van der Waals surface area contributed by atoms with Gasteiger partial charge in [-0.2, -0.15) is 5.10 Å². The largest absolute Gasteiger partial charge is 0.263 e. The second kappa shape index (κ2) is 3.83. The van der Waals surface area contributed by atoms with Crippen molar-refractivity contribution in [2.45, 2.75) is 13.8 Å². The van der Waals surface area contributed by atoms with Crippen LogP contribution in [0.1, 0.15) is 11.4 Å². The van der Waals surface area contributed by atoms with Crippen molar-refractivity contribution in [2.75, 3.05) is 0 Å². The van der Waals surface area contributed by atoms with Crippen LogP contribution in [0.2, 0.25) is 0 Å². The molecule has 0 unspecified atom stereocenters. The van der Waals surface area contributed by atoms with Gasteiger partial charge in [0.1, 0.15) is 11.6 Å². The number of H-pyrrole nitrogens is 1. The highest BCUT2D eigenvalue weighted by Gasteiger charge is 2.26. The van der Waals surface area contributed by atoms with Crippen LogP contribution in [0.15, 0.2) is 0 Å². The van der Waals surface area contributed by atoms with Crippen LogP contribution in [-0.4, -0.2) is 15.2 Å². The van der Waals surface area contributed by atoms with Gasteiger partial charge in [-0.05, 0) is 13.8 Å². The SMILES string of the molecule is Cc1nc(-c2c(F)c(C)c(F)c(F)c2F)n[nH]1. The van der Waals surface area contributed by atoms with Crippen molar-refractivity contribution >= 4 is 0 Å². The molecule has 0 saturated carbocycles. The lowest BCUT2D eigenvalue weighted by Gasteiger charge is -2.06. The molecule has 2 rings (SSSR count). The molecule has 1 aromatic carbocycles. The average Bonchev–Trinajstić information content (AvgIpc) is 2.71. The van der Waals surface area contributed by atoms with E-state index in [0.29, 0.717) is 5.82 Å². The van der Waals surface area contributed by atoms with Gasteiger partial charge in [0.05, 0.1) is 5.56 Å². The first-order valence-corrected chi connectivity index (χ1v) is 4.65. The van der Waals surface area contributed by atoms with Gasteiger partial charge in [0.25, 0.3) is 0 Å². The summed E-state index contributed by atoms with van der Waals surface area (Å²) < 4.78 is 53.3. The first-order chi connectivity index (χ1) is 7.93. The number of aromatic amines is 1. The van der Waals surface area contributed by atoms with Crippen molar-refractivity contribution in [3.05, 3.63) is 34.7 Å². The van der Waals surface area contributed by atoms with Gasteiger partial charge in [-0.25, -0.2) is 22.5 Å². The van der Waals surface area contributed by atoms with Crippen LogP contribution in [0.3, 0.4) is 0 Å². The smallest absolute Gasteiger partial charge is 0.195 e. The van der Waals surface area contributed by atoms with Crippen LogP contribution in [0.25, 0.3) is 11.4 Å². The Morgan fingerprint density at radius 2 is 1.53 bits per heavy atom. The molecular weight excluding hydrogens is 238 g/mol. The van der Waals surface area contributed by atoms with Crippen molar-refractivity contribution < 1.29 is 17.6 Å². The third kappa shape index (κ3) is 1.67. The Hall–Kier alpha value is -1.92. The molecule has 0 amide bonds. The molecule has 0 aliphatic rings. The Kier molecular flexibility index (Phi) is 2.60. The van der Waals surface area contributed by atoms with Gasteiger partial charge in [-0.1, -0.05) is 0 Å². The lowest BCUT2D eigenvalue weighted by molar-refractivity contribution is 0.431. The molecule has 0 aliphatic heterocycles. The van der Waals surface area contributed by atoms with Gasteiger partial charge < -0.3 is 0 Å². The summed E-state index contributed by atoms with van der Waals surface area (Å²) in [5, 5.41) is 5.88. The summed E-state index contributed by atoms with van der Waals surface area (Å²) in [6.07, 6.45) is 0. The highest BCUT2D eigenvalue weighted by molar-refractivity contribution is 5.58. The molecule has 1 aromatic heterocycles. The fourth-order valence-corrected chi connectivity index (χ4v) is 1.40. The van der Waals surface area contributed by atoms with Gasteiger partial charge in [-0.3, -0.25) is 5.10 Å². The van der Waals surface area contributed by atoms with Gasteiger partial charge in [-0.15, -0.1) is 0 Å².